The summed E-state index contributed by atoms with van der Waals surface area (Å²) in [5.41, 5.74) is 2.02. The summed E-state index contributed by atoms with van der Waals surface area (Å²) < 4.78 is 15.8. The number of hydrogen-bond donors (Lipinski definition) is 2. The van der Waals surface area contributed by atoms with E-state index in [1.807, 2.05) is 30.3 Å². The minimum atomic E-state index is -1.12. The number of benzene rings is 1. The molecule has 1 fully saturated rings. The first kappa shape index (κ1) is 22.3. The van der Waals surface area contributed by atoms with Crippen LogP contribution in [0.1, 0.15) is 30.0 Å². The number of carboxylic acids is 1. The smallest absolute Gasteiger partial charge is 0.412 e. The lowest BCUT2D eigenvalue weighted by Crippen LogP contribution is -2.49. The number of carboxylic acid groups (broad SMARTS) is 1. The molecule has 1 unspecified atom stereocenters. The molecule has 0 saturated carbocycles. The molecule has 0 bridgehead atoms. The lowest BCUT2D eigenvalue weighted by Gasteiger charge is -2.36. The van der Waals surface area contributed by atoms with Gasteiger partial charge in [-0.3, -0.25) is 10.1 Å². The van der Waals surface area contributed by atoms with Crippen LogP contribution in [0, 0.1) is 24.2 Å². The lowest BCUT2D eigenvalue weighted by molar-refractivity contribution is -0.171. The molecule has 0 radical (unpaired) electrons. The number of nitrogens with one attached hydrogen (secondary N) is 1. The van der Waals surface area contributed by atoms with E-state index in [2.05, 4.69) is 32.3 Å². The molecule has 1 aromatic carbocycles. The number of aliphatic carboxylic acids is 1. The molecular weight excluding hydrogens is 452 g/mol. The maximum atomic E-state index is 12.4. The van der Waals surface area contributed by atoms with Gasteiger partial charge in [-0.2, -0.15) is 0 Å². The zero-order chi connectivity index (χ0) is 24.6. The number of anilines is 1. The zero-order valence-electron chi connectivity index (χ0n) is 18.9. The maximum Gasteiger partial charge on any atom is 0.412 e. The predicted molar refractivity (Wildman–Crippen MR) is 125 cm³/mol. The van der Waals surface area contributed by atoms with E-state index >= 15 is 0 Å². The average molecular weight is 472 g/mol. The fourth-order valence-electron chi connectivity index (χ4n) is 3.72. The number of amides is 1. The van der Waals surface area contributed by atoms with Crippen LogP contribution in [0.5, 0.6) is 0 Å². The topological polar surface area (TPSA) is 136 Å². The van der Waals surface area contributed by atoms with Crippen molar-refractivity contribution in [2.75, 3.05) is 18.5 Å². The summed E-state index contributed by atoms with van der Waals surface area (Å²) in [6, 6.07) is 9.37. The third-order valence-electron chi connectivity index (χ3n) is 5.84. The highest BCUT2D eigenvalue weighted by molar-refractivity contribution is 6.26. The van der Waals surface area contributed by atoms with Crippen LogP contribution in [0.4, 0.5) is 10.5 Å². The first-order chi connectivity index (χ1) is 16.9. The van der Waals surface area contributed by atoms with Crippen LogP contribution < -0.4 is 5.32 Å². The number of carbonyl (C=O) groups excluding carboxylic acids is 1. The van der Waals surface area contributed by atoms with Crippen molar-refractivity contribution in [3.63, 3.8) is 0 Å². The second kappa shape index (κ2) is 8.70. The third-order valence-corrected chi connectivity index (χ3v) is 5.84. The molecule has 5 rings (SSSR count). The Labute approximate surface area is 200 Å². The molecule has 1 aromatic heterocycles. The number of aromatic nitrogens is 1. The van der Waals surface area contributed by atoms with E-state index in [-0.39, 0.29) is 19.0 Å². The van der Waals surface area contributed by atoms with Crippen LogP contribution in [-0.2, 0) is 14.3 Å². The molecule has 176 valence electrons. The number of aliphatic imine (C=N–C) groups is 2. The van der Waals surface area contributed by atoms with Crippen LogP contribution in [0.15, 0.2) is 68.3 Å². The van der Waals surface area contributed by atoms with Crippen LogP contribution in [0.25, 0.3) is 0 Å². The van der Waals surface area contributed by atoms with Gasteiger partial charge in [-0.15, -0.1) is 0 Å². The van der Waals surface area contributed by atoms with Crippen LogP contribution in [-0.4, -0.2) is 47.1 Å². The number of carbonyl (C=O) groups is 2. The molecule has 1 atom stereocenters. The van der Waals surface area contributed by atoms with Gasteiger partial charge in [-0.1, -0.05) is 35.5 Å². The van der Waals surface area contributed by atoms with Gasteiger partial charge in [0.25, 0.3) is 0 Å². The van der Waals surface area contributed by atoms with Crippen molar-refractivity contribution < 1.29 is 28.7 Å². The highest BCUT2D eigenvalue weighted by Crippen LogP contribution is 2.41. The number of hydrogen-bond acceptors (Lipinski definition) is 8. The number of amidine groups is 1. The second-order valence-corrected chi connectivity index (χ2v) is 8.25. The van der Waals surface area contributed by atoms with Gasteiger partial charge in [0, 0.05) is 5.57 Å². The van der Waals surface area contributed by atoms with Crippen molar-refractivity contribution in [2.24, 2.45) is 15.4 Å². The average Bonchev–Trinajstić information content (AvgIpc) is 3.46. The van der Waals surface area contributed by atoms with Crippen LogP contribution in [0.2, 0.25) is 0 Å². The van der Waals surface area contributed by atoms with Gasteiger partial charge in [0.15, 0.2) is 11.3 Å². The number of fused-ring (bicyclic) bond motifs is 1. The molecule has 1 amide bonds. The molecule has 2 aromatic rings. The van der Waals surface area contributed by atoms with E-state index in [1.165, 1.54) is 0 Å². The molecule has 0 aliphatic carbocycles. The molecule has 3 aliphatic rings. The standard InChI is InChI=1S/C25H20N4O6/c1-14-21(28-24(32)34-15(2)16-6-4-3-5-7-16)19(35-29-14)9-8-18-10-17-11-20(27-22(17)26-18)25(23(30)31)12-33-13-25/h3-7,10-11,15H,12-13H2,1-2H3,(H,28,32)(H,30,31). The molecule has 0 spiro atoms. The minimum absolute atomic E-state index is 0.0851. The number of nitrogens with zero attached hydrogens (tertiary/aromatic N) is 3. The predicted octanol–water partition coefficient (Wildman–Crippen LogP) is 3.42. The maximum absolute atomic E-state index is 12.4. The SMILES string of the molecule is Cc1noc(C#CC2=NC3=NC(C4(C(=O)O)COC4)=CC3=C2)c1NC(=O)OC(C)c1ccccc1. The highest BCUT2D eigenvalue weighted by Gasteiger charge is 2.51. The van der Waals surface area contributed by atoms with E-state index in [4.69, 9.17) is 14.0 Å². The molecular formula is C25H20N4O6. The fourth-order valence-corrected chi connectivity index (χ4v) is 3.72. The molecule has 4 heterocycles. The monoisotopic (exact) mass is 472 g/mol. The van der Waals surface area contributed by atoms with Gasteiger partial charge in [-0.05, 0) is 43.4 Å². The first-order valence-electron chi connectivity index (χ1n) is 10.8. The normalized spacial score (nSPS) is 18.0. The van der Waals surface area contributed by atoms with E-state index in [9.17, 15) is 14.7 Å². The number of aryl methyl sites for hydroxylation is 1. The summed E-state index contributed by atoms with van der Waals surface area (Å²) in [6.07, 6.45) is 2.29. The van der Waals surface area contributed by atoms with Gasteiger partial charge in [0.05, 0.1) is 18.9 Å². The van der Waals surface area contributed by atoms with E-state index < -0.39 is 23.6 Å². The lowest BCUT2D eigenvalue weighted by atomic mass is 9.82. The Bertz CT molecular complexity index is 1400. The molecule has 3 aliphatic heterocycles. The van der Waals surface area contributed by atoms with Crippen molar-refractivity contribution in [1.82, 2.24) is 5.16 Å². The van der Waals surface area contributed by atoms with Gasteiger partial charge in [0.1, 0.15) is 23.2 Å². The van der Waals surface area contributed by atoms with Crippen molar-refractivity contribution >= 4 is 29.3 Å². The Hall–Kier alpha value is -4.49. The van der Waals surface area contributed by atoms with Gasteiger partial charge < -0.3 is 19.1 Å². The van der Waals surface area contributed by atoms with Crippen molar-refractivity contribution in [2.45, 2.75) is 20.0 Å². The summed E-state index contributed by atoms with van der Waals surface area (Å²) >= 11 is 0. The Kier molecular flexibility index (Phi) is 5.55. The molecule has 10 heteroatoms. The molecule has 1 saturated heterocycles. The quantitative estimate of drug-likeness (QED) is 0.637. The van der Waals surface area contributed by atoms with Crippen molar-refractivity contribution in [3.05, 3.63) is 70.8 Å². The van der Waals surface area contributed by atoms with Gasteiger partial charge in [-0.25, -0.2) is 14.8 Å². The second-order valence-electron chi connectivity index (χ2n) is 8.25. The summed E-state index contributed by atoms with van der Waals surface area (Å²) in [7, 11) is 0. The van der Waals surface area contributed by atoms with Crippen molar-refractivity contribution in [1.29, 1.82) is 0 Å². The molecule has 2 N–H and O–H groups in total. The summed E-state index contributed by atoms with van der Waals surface area (Å²) in [4.78, 5) is 32.8. The third kappa shape index (κ3) is 4.13. The van der Waals surface area contributed by atoms with Gasteiger partial charge >= 0.3 is 12.1 Å². The van der Waals surface area contributed by atoms with E-state index in [1.54, 1.807) is 26.0 Å². The van der Waals surface area contributed by atoms with Gasteiger partial charge in [0.2, 0.25) is 5.76 Å². The van der Waals surface area contributed by atoms with Crippen molar-refractivity contribution in [3.8, 4) is 11.8 Å². The molecule has 35 heavy (non-hydrogen) atoms. The van der Waals surface area contributed by atoms with E-state index in [0.717, 1.165) is 5.56 Å². The number of allylic oxidation sites excluding steroid dienone is 1. The Morgan fingerprint density at radius 2 is 1.94 bits per heavy atom. The fraction of sp³-hybridized carbons (Fsp3) is 0.240. The number of ether oxygens (including phenoxy) is 2. The zero-order valence-corrected chi connectivity index (χ0v) is 18.9. The summed E-state index contributed by atoms with van der Waals surface area (Å²) in [6.45, 7) is 3.62. The Morgan fingerprint density at radius 1 is 1.17 bits per heavy atom. The minimum Gasteiger partial charge on any atom is -0.480 e. The van der Waals surface area contributed by atoms with Crippen LogP contribution >= 0.6 is 0 Å². The molecule has 10 nitrogen and oxygen atoms in total. The summed E-state index contributed by atoms with van der Waals surface area (Å²) in [5.74, 6) is 5.28. The Morgan fingerprint density at radius 3 is 2.60 bits per heavy atom. The van der Waals surface area contributed by atoms with Crippen LogP contribution in [0.3, 0.4) is 0 Å². The first-order valence-corrected chi connectivity index (χ1v) is 10.8. The van der Waals surface area contributed by atoms with E-state index in [0.29, 0.717) is 34.2 Å². The Balaban J connectivity index is 1.27. The highest BCUT2D eigenvalue weighted by atomic mass is 16.6. The number of rotatable bonds is 5. The summed E-state index contributed by atoms with van der Waals surface area (Å²) in [5, 5.41) is 16.1. The largest absolute Gasteiger partial charge is 0.480 e.